The van der Waals surface area contributed by atoms with Crippen LogP contribution in [0.15, 0.2) is 255 Å². The third-order valence-electron chi connectivity index (χ3n) is 20.0. The fourth-order valence-electron chi connectivity index (χ4n) is 15.4. The zero-order chi connectivity index (χ0) is 79.6. The molecule has 2 heterocycles. The molecule has 588 valence electrons. The molecule has 0 aliphatic heterocycles. The third-order valence-corrected chi connectivity index (χ3v) is 20.0. The van der Waals surface area contributed by atoms with Crippen LogP contribution in [0.2, 0.25) is 0 Å². The van der Waals surface area contributed by atoms with Gasteiger partial charge in [0.05, 0.1) is 101 Å². The molecule has 2 unspecified atom stereocenters. The molecule has 0 saturated carbocycles. The van der Waals surface area contributed by atoms with E-state index >= 15 is 0 Å². The van der Waals surface area contributed by atoms with Gasteiger partial charge in [-0.15, -0.1) is 10.2 Å². The summed E-state index contributed by atoms with van der Waals surface area (Å²) in [7, 11) is 0. The zero-order valence-electron chi connectivity index (χ0n) is 67.0. The van der Waals surface area contributed by atoms with E-state index in [9.17, 15) is 9.59 Å². The number of carbonyl (C=O) groups is 2. The van der Waals surface area contributed by atoms with Crippen molar-refractivity contribution in [2.75, 3.05) is 26.4 Å². The van der Waals surface area contributed by atoms with Crippen molar-refractivity contribution in [3.05, 3.63) is 355 Å². The Balaban J connectivity index is 0.806. The highest BCUT2D eigenvalue weighted by atomic mass is 16.5. The second-order valence-corrected chi connectivity index (χ2v) is 30.1. The van der Waals surface area contributed by atoms with Crippen LogP contribution in [0.1, 0.15) is 170 Å². The van der Waals surface area contributed by atoms with Gasteiger partial charge < -0.3 is 37.9 Å². The molecule has 1 aliphatic rings. The molecule has 0 radical (unpaired) electrons. The van der Waals surface area contributed by atoms with E-state index in [2.05, 4.69) is 210 Å². The van der Waals surface area contributed by atoms with Crippen LogP contribution in [0.5, 0.6) is 23.0 Å². The molecule has 0 amide bonds. The maximum atomic E-state index is 14.2. The molecular weight excluding hydrogens is 1430 g/mol. The maximum Gasteiger partial charge on any atom is 0.325 e. The normalized spacial score (nSPS) is 12.9. The summed E-state index contributed by atoms with van der Waals surface area (Å²) in [6, 6.07) is 80.9. The molecule has 1 aliphatic carbocycles. The SMILES string of the molecule is CCOC(=O)C(COCc1cn(Cc2cc3c(OC(C)C)c(c2)Cc2cccc(c2OC(C)C)Cc2cc(Cn4cc(COCC(NC(c5ccccc5)(c5ccccc5)c5ccccc5)C(=O)OCC)nn4)cc(c2OC(C)C)Cc2cccc(c2OC(C)C)C3)nn1)NC(c1ccccc1)(c1ccccc1)c1ccccc1. The van der Waals surface area contributed by atoms with E-state index in [-0.39, 0.29) is 64.1 Å². The molecule has 18 nitrogen and oxygen atoms in total. The molecule has 0 fully saturated rings. The second kappa shape index (κ2) is 37.9. The molecule has 2 aromatic heterocycles. The molecule has 0 saturated heterocycles. The Bertz CT molecular complexity index is 4510. The van der Waals surface area contributed by atoms with Crippen molar-refractivity contribution in [3.8, 4) is 23.0 Å². The highest BCUT2D eigenvalue weighted by molar-refractivity contribution is 5.77. The molecule has 12 aromatic rings. The summed E-state index contributed by atoms with van der Waals surface area (Å²) in [6.45, 7) is 21.4. The summed E-state index contributed by atoms with van der Waals surface area (Å²) in [4.78, 5) is 28.4. The number of hydrogen-bond acceptors (Lipinski definition) is 16. The van der Waals surface area contributed by atoms with E-state index in [0.717, 1.165) is 112 Å². The number of hydrogen-bond donors (Lipinski definition) is 2. The van der Waals surface area contributed by atoms with Gasteiger partial charge in [-0.25, -0.2) is 9.36 Å². The molecule has 114 heavy (non-hydrogen) atoms. The van der Waals surface area contributed by atoms with Crippen molar-refractivity contribution in [2.45, 2.75) is 169 Å². The molecular formula is C96H104N8O10. The van der Waals surface area contributed by atoms with Crippen LogP contribution in [0.3, 0.4) is 0 Å². The number of aromatic nitrogens is 6. The Morgan fingerprint density at radius 2 is 0.614 bits per heavy atom. The van der Waals surface area contributed by atoms with Gasteiger partial charge in [-0.05, 0) is 183 Å². The van der Waals surface area contributed by atoms with Crippen molar-refractivity contribution in [2.24, 2.45) is 0 Å². The first-order valence-corrected chi connectivity index (χ1v) is 39.8. The molecule has 2 atom stereocenters. The Morgan fingerprint density at radius 3 is 0.860 bits per heavy atom. The van der Waals surface area contributed by atoms with E-state index in [4.69, 9.17) is 48.3 Å². The van der Waals surface area contributed by atoms with E-state index in [1.807, 2.05) is 145 Å². The van der Waals surface area contributed by atoms with Gasteiger partial charge in [0, 0.05) is 25.7 Å². The molecule has 0 spiro atoms. The predicted molar refractivity (Wildman–Crippen MR) is 443 cm³/mol. The summed E-state index contributed by atoms with van der Waals surface area (Å²) in [5.41, 5.74) is 14.8. The number of fused-ring (bicyclic) bond motifs is 8. The van der Waals surface area contributed by atoms with Crippen molar-refractivity contribution in [1.82, 2.24) is 40.6 Å². The van der Waals surface area contributed by atoms with Gasteiger partial charge in [-0.2, -0.15) is 0 Å². The standard InChI is InChI=1S/C96H104N8O10/c1-11-109-93(105)87(97-95(79-37-19-13-20-38-79,80-39-21-14-22-40-80)81-41-23-15-24-42-81)63-107-61-85-59-103(101-99-85)57-69-49-75-53-71-33-31-35-73(89(71)111-65(3)4)55-77-51-70(52-78(92(77)114-68(9)10)56-74-36-32-34-72(90(74)112-66(5)6)54-76(50-69)91(75)113-67(7)8)58-104-60-86(100-102-104)62-108-64-88(94(106)110-12-2)98-96(82-43-25-16-26-44-82,83-45-27-17-28-46-83)84-47-29-18-30-48-84/h13-52,59-60,65-68,87-88,97-98H,11-12,53-58,61-64H2,1-10H3. The Hall–Kier alpha value is -11.5. The van der Waals surface area contributed by atoms with Crippen LogP contribution in [-0.2, 0) is 91.6 Å². The summed E-state index contributed by atoms with van der Waals surface area (Å²) >= 11 is 0. The van der Waals surface area contributed by atoms with E-state index in [0.29, 0.717) is 50.2 Å². The Kier molecular flexibility index (Phi) is 26.7. The molecule has 18 heteroatoms. The average Bonchev–Trinajstić information content (AvgIpc) is 0.778. The van der Waals surface area contributed by atoms with Crippen LogP contribution < -0.4 is 29.6 Å². The maximum absolute atomic E-state index is 14.2. The quantitative estimate of drug-likeness (QED) is 0.0285. The number of esters is 2. The third kappa shape index (κ3) is 19.4. The minimum atomic E-state index is -0.960. The summed E-state index contributed by atoms with van der Waals surface area (Å²) in [6.07, 6.45) is 4.99. The van der Waals surface area contributed by atoms with Crippen LogP contribution in [0, 0.1) is 0 Å². The number of carbonyl (C=O) groups excluding carboxylic acids is 2. The van der Waals surface area contributed by atoms with Crippen molar-refractivity contribution < 1.29 is 47.5 Å². The highest BCUT2D eigenvalue weighted by Gasteiger charge is 2.43. The largest absolute Gasteiger partial charge is 0.490 e. The van der Waals surface area contributed by atoms with Gasteiger partial charge in [0.25, 0.3) is 0 Å². The van der Waals surface area contributed by atoms with Gasteiger partial charge in [0.1, 0.15) is 46.5 Å². The minimum Gasteiger partial charge on any atom is -0.490 e. The lowest BCUT2D eigenvalue weighted by Gasteiger charge is -2.39. The second-order valence-electron chi connectivity index (χ2n) is 30.1. The van der Waals surface area contributed by atoms with Gasteiger partial charge in [0.2, 0.25) is 0 Å². The predicted octanol–water partition coefficient (Wildman–Crippen LogP) is 16.9. The number of ether oxygens (including phenoxy) is 8. The van der Waals surface area contributed by atoms with Gasteiger partial charge >= 0.3 is 11.9 Å². The molecule has 13 rings (SSSR count). The number of benzene rings is 10. The average molecular weight is 1530 g/mol. The van der Waals surface area contributed by atoms with Gasteiger partial charge in [-0.1, -0.05) is 229 Å². The first-order chi connectivity index (χ1) is 55.5. The fourth-order valence-corrected chi connectivity index (χ4v) is 15.4. The number of nitrogens with one attached hydrogen (secondary N) is 2. The Morgan fingerprint density at radius 1 is 0.360 bits per heavy atom. The lowest BCUT2D eigenvalue weighted by atomic mass is 9.76. The first-order valence-electron chi connectivity index (χ1n) is 39.8. The van der Waals surface area contributed by atoms with Crippen LogP contribution >= 0.6 is 0 Å². The first kappa shape index (κ1) is 80.5. The summed E-state index contributed by atoms with van der Waals surface area (Å²) in [5, 5.41) is 26.3. The number of para-hydroxylation sites is 2. The monoisotopic (exact) mass is 1530 g/mol. The summed E-state index contributed by atoms with van der Waals surface area (Å²) in [5.74, 6) is 2.31. The molecule has 10 aromatic carbocycles. The van der Waals surface area contributed by atoms with Crippen molar-refractivity contribution in [3.63, 3.8) is 0 Å². The van der Waals surface area contributed by atoms with E-state index in [1.165, 1.54) is 0 Å². The van der Waals surface area contributed by atoms with Crippen molar-refractivity contribution in [1.29, 1.82) is 0 Å². The Labute approximate surface area is 670 Å². The lowest BCUT2D eigenvalue weighted by molar-refractivity contribution is -0.149. The topological polar surface area (TPSA) is 193 Å². The van der Waals surface area contributed by atoms with Crippen molar-refractivity contribution >= 4 is 11.9 Å². The smallest absolute Gasteiger partial charge is 0.325 e. The summed E-state index contributed by atoms with van der Waals surface area (Å²) < 4.78 is 56.4. The van der Waals surface area contributed by atoms with Crippen LogP contribution in [0.25, 0.3) is 0 Å². The van der Waals surface area contributed by atoms with E-state index in [1.54, 1.807) is 0 Å². The van der Waals surface area contributed by atoms with Gasteiger partial charge in [0.15, 0.2) is 0 Å². The number of nitrogens with zero attached hydrogens (tertiary/aromatic N) is 6. The number of rotatable bonds is 34. The molecule has 8 bridgehead atoms. The zero-order valence-corrected chi connectivity index (χ0v) is 67.0. The van der Waals surface area contributed by atoms with E-state index < -0.39 is 35.1 Å². The minimum absolute atomic E-state index is 0.0212. The van der Waals surface area contributed by atoms with Gasteiger partial charge in [-0.3, -0.25) is 20.2 Å². The van der Waals surface area contributed by atoms with Crippen LogP contribution in [-0.4, -0.2) is 105 Å². The highest BCUT2D eigenvalue weighted by Crippen LogP contribution is 2.44. The van der Waals surface area contributed by atoms with Crippen LogP contribution in [0.4, 0.5) is 0 Å². The lowest BCUT2D eigenvalue weighted by Crippen LogP contribution is -2.54. The molecule has 2 N–H and O–H groups in total. The fraction of sp³-hybridized carbons (Fsp3) is 0.312.